The van der Waals surface area contributed by atoms with E-state index in [9.17, 15) is 0 Å². The highest BCUT2D eigenvalue weighted by molar-refractivity contribution is 14.1. The van der Waals surface area contributed by atoms with Crippen LogP contribution >= 0.6 is 22.6 Å². The second-order valence-electron chi connectivity index (χ2n) is 2.83. The molecule has 2 aromatic rings. The molecule has 2 rings (SSSR count). The van der Waals surface area contributed by atoms with Crippen LogP contribution in [0.5, 0.6) is 0 Å². The number of benzene rings is 1. The van der Waals surface area contributed by atoms with Crippen LogP contribution in [0, 0.1) is 9.85 Å². The standard InChI is InChI=1S/C12H8IN/c13-8-7-11-5-1-2-6-12(11)14-9-3-4-10-14/h1-6,9-10H. The minimum Gasteiger partial charge on any atom is -0.323 e. The van der Waals surface area contributed by atoms with Gasteiger partial charge in [-0.15, -0.1) is 0 Å². The van der Waals surface area contributed by atoms with Crippen LogP contribution < -0.4 is 0 Å². The van der Waals surface area contributed by atoms with Crippen molar-refractivity contribution in [3.63, 3.8) is 0 Å². The predicted molar refractivity (Wildman–Crippen MR) is 66.7 cm³/mol. The van der Waals surface area contributed by atoms with Crippen LogP contribution in [-0.2, 0) is 0 Å². The number of nitrogens with zero attached hydrogens (tertiary/aromatic N) is 1. The minimum atomic E-state index is 1.05. The summed E-state index contributed by atoms with van der Waals surface area (Å²) in [4.78, 5) is 0. The average molecular weight is 293 g/mol. The second kappa shape index (κ2) is 4.34. The fourth-order valence-corrected chi connectivity index (χ4v) is 1.64. The van der Waals surface area contributed by atoms with Gasteiger partial charge in [0.1, 0.15) is 0 Å². The Labute approximate surface area is 96.9 Å². The SMILES string of the molecule is IC#Cc1ccccc1-n1cccc1. The maximum Gasteiger partial charge on any atom is 0.0606 e. The van der Waals surface area contributed by atoms with Gasteiger partial charge in [-0.05, 0) is 28.2 Å². The smallest absolute Gasteiger partial charge is 0.0606 e. The van der Waals surface area contributed by atoms with Crippen molar-refractivity contribution < 1.29 is 0 Å². The fraction of sp³-hybridized carbons (Fsp3) is 0. The summed E-state index contributed by atoms with van der Waals surface area (Å²) in [5, 5.41) is 0. The van der Waals surface area contributed by atoms with E-state index in [1.165, 1.54) is 0 Å². The Morgan fingerprint density at radius 3 is 2.43 bits per heavy atom. The Morgan fingerprint density at radius 2 is 1.71 bits per heavy atom. The molecule has 2 heteroatoms. The zero-order valence-corrected chi connectivity index (χ0v) is 9.60. The number of hydrogen-bond donors (Lipinski definition) is 0. The Bertz CT molecular complexity index is 475. The number of rotatable bonds is 1. The van der Waals surface area contributed by atoms with Gasteiger partial charge in [0.25, 0.3) is 0 Å². The van der Waals surface area contributed by atoms with Gasteiger partial charge in [0.05, 0.1) is 5.69 Å². The summed E-state index contributed by atoms with van der Waals surface area (Å²) < 4.78 is 4.96. The number of para-hydroxylation sites is 1. The molecular formula is C12H8IN. The van der Waals surface area contributed by atoms with Gasteiger partial charge in [0, 0.05) is 40.5 Å². The van der Waals surface area contributed by atoms with E-state index in [1.807, 2.05) is 42.7 Å². The Hall–Kier alpha value is -1.21. The third kappa shape index (κ3) is 1.83. The molecule has 1 heterocycles. The zero-order chi connectivity index (χ0) is 9.80. The lowest BCUT2D eigenvalue weighted by Crippen LogP contribution is -1.92. The third-order valence-electron chi connectivity index (χ3n) is 1.97. The van der Waals surface area contributed by atoms with Crippen molar-refractivity contribution in [2.24, 2.45) is 0 Å². The maximum atomic E-state index is 3.08. The van der Waals surface area contributed by atoms with E-state index in [-0.39, 0.29) is 0 Å². The van der Waals surface area contributed by atoms with Crippen LogP contribution in [0.2, 0.25) is 0 Å². The molecule has 0 bridgehead atoms. The van der Waals surface area contributed by atoms with Gasteiger partial charge in [0.2, 0.25) is 0 Å². The van der Waals surface area contributed by atoms with Gasteiger partial charge in [-0.1, -0.05) is 18.1 Å². The van der Waals surface area contributed by atoms with E-state index in [4.69, 9.17) is 0 Å². The lowest BCUT2D eigenvalue weighted by Gasteiger charge is -2.04. The molecule has 1 aromatic heterocycles. The molecule has 0 aliphatic carbocycles. The Morgan fingerprint density at radius 1 is 1.00 bits per heavy atom. The molecule has 0 amide bonds. The lowest BCUT2D eigenvalue weighted by atomic mass is 10.2. The van der Waals surface area contributed by atoms with Crippen molar-refractivity contribution in [1.82, 2.24) is 4.57 Å². The van der Waals surface area contributed by atoms with Crippen molar-refractivity contribution in [3.05, 3.63) is 54.4 Å². The van der Waals surface area contributed by atoms with Crippen molar-refractivity contribution in [2.45, 2.75) is 0 Å². The summed E-state index contributed by atoms with van der Waals surface area (Å²) in [6.45, 7) is 0. The second-order valence-corrected chi connectivity index (χ2v) is 3.37. The molecule has 0 N–H and O–H groups in total. The van der Waals surface area contributed by atoms with Crippen molar-refractivity contribution >= 4 is 22.6 Å². The third-order valence-corrected chi connectivity index (χ3v) is 2.24. The Kier molecular flexibility index (Phi) is 2.90. The average Bonchev–Trinajstić information content (AvgIpc) is 2.72. The van der Waals surface area contributed by atoms with E-state index in [0.717, 1.165) is 11.3 Å². The van der Waals surface area contributed by atoms with E-state index >= 15 is 0 Å². The number of aromatic nitrogens is 1. The highest BCUT2D eigenvalue weighted by Crippen LogP contribution is 2.13. The molecule has 0 aliphatic rings. The molecule has 0 saturated carbocycles. The first-order valence-corrected chi connectivity index (χ1v) is 5.34. The van der Waals surface area contributed by atoms with Crippen LogP contribution in [-0.4, -0.2) is 4.57 Å². The molecule has 1 nitrogen and oxygen atoms in total. The molecule has 68 valence electrons. The van der Waals surface area contributed by atoms with Crippen molar-refractivity contribution in [3.8, 4) is 15.5 Å². The number of hydrogen-bond acceptors (Lipinski definition) is 0. The van der Waals surface area contributed by atoms with Gasteiger partial charge in [-0.3, -0.25) is 0 Å². The van der Waals surface area contributed by atoms with E-state index in [2.05, 4.69) is 43.1 Å². The highest BCUT2D eigenvalue weighted by atomic mass is 127. The van der Waals surface area contributed by atoms with Crippen LogP contribution in [0.15, 0.2) is 48.8 Å². The van der Waals surface area contributed by atoms with Gasteiger partial charge in [0.15, 0.2) is 0 Å². The summed E-state index contributed by atoms with van der Waals surface area (Å²) in [5.41, 5.74) is 2.18. The largest absolute Gasteiger partial charge is 0.323 e. The van der Waals surface area contributed by atoms with E-state index in [0.29, 0.717) is 0 Å². The van der Waals surface area contributed by atoms with Crippen LogP contribution in [0.4, 0.5) is 0 Å². The number of halogens is 1. The molecule has 0 spiro atoms. The quantitative estimate of drug-likeness (QED) is 0.562. The van der Waals surface area contributed by atoms with Crippen molar-refractivity contribution in [2.75, 3.05) is 0 Å². The van der Waals surface area contributed by atoms with Gasteiger partial charge in [-0.25, -0.2) is 0 Å². The summed E-state index contributed by atoms with van der Waals surface area (Å²) in [6, 6.07) is 12.1. The van der Waals surface area contributed by atoms with Gasteiger partial charge >= 0.3 is 0 Å². The first kappa shape index (κ1) is 9.35. The highest BCUT2D eigenvalue weighted by Gasteiger charge is 1.98. The van der Waals surface area contributed by atoms with E-state index < -0.39 is 0 Å². The summed E-state index contributed by atoms with van der Waals surface area (Å²) in [6.07, 6.45) is 4.04. The van der Waals surface area contributed by atoms with E-state index in [1.54, 1.807) is 0 Å². The molecule has 14 heavy (non-hydrogen) atoms. The van der Waals surface area contributed by atoms with Gasteiger partial charge < -0.3 is 4.57 Å². The molecular weight excluding hydrogens is 285 g/mol. The van der Waals surface area contributed by atoms with Crippen LogP contribution in [0.25, 0.3) is 5.69 Å². The molecule has 0 saturated heterocycles. The normalized spacial score (nSPS) is 9.21. The van der Waals surface area contributed by atoms with Crippen molar-refractivity contribution in [1.29, 1.82) is 0 Å². The summed E-state index contributed by atoms with van der Waals surface area (Å²) in [5.74, 6) is 3.08. The molecule has 1 aromatic carbocycles. The predicted octanol–water partition coefficient (Wildman–Crippen LogP) is 3.22. The lowest BCUT2D eigenvalue weighted by molar-refractivity contribution is 1.07. The maximum absolute atomic E-state index is 3.08. The minimum absolute atomic E-state index is 1.05. The first-order chi connectivity index (χ1) is 6.92. The fourth-order valence-electron chi connectivity index (χ4n) is 1.35. The van der Waals surface area contributed by atoms with Gasteiger partial charge in [-0.2, -0.15) is 0 Å². The van der Waals surface area contributed by atoms with Crippen LogP contribution in [0.3, 0.4) is 0 Å². The molecule has 0 unspecified atom stereocenters. The monoisotopic (exact) mass is 293 g/mol. The summed E-state index contributed by atoms with van der Waals surface area (Å²) in [7, 11) is 0. The molecule has 0 radical (unpaired) electrons. The molecule has 0 fully saturated rings. The first-order valence-electron chi connectivity index (χ1n) is 4.26. The Balaban J connectivity index is 2.56. The van der Waals surface area contributed by atoms with Crippen LogP contribution in [0.1, 0.15) is 5.56 Å². The molecule has 0 aliphatic heterocycles. The summed E-state index contributed by atoms with van der Waals surface area (Å²) >= 11 is 2.06. The topological polar surface area (TPSA) is 4.93 Å². The molecule has 0 atom stereocenters. The zero-order valence-electron chi connectivity index (χ0n) is 7.44.